The average Bonchev–Trinajstić information content (AvgIpc) is 2.91. The molecule has 46 heavy (non-hydrogen) atoms. The summed E-state index contributed by atoms with van der Waals surface area (Å²) in [6.45, 7) is 30.7. The molecule has 0 spiro atoms. The zero-order chi connectivity index (χ0) is 34.8. The summed E-state index contributed by atoms with van der Waals surface area (Å²) in [7, 11) is -15.2. The molecule has 0 aliphatic heterocycles. The SMILES string of the molecule is C[SiH](C)O[Si](C)(O[SiH](C)C)c1ccccc1.C[SiH](O[Si](C)(C)O[Si](C)(C)C)O[Si](O[Si](C)(C)C)(c1ccccc1)c1ccccc1. The monoisotopic (exact) mass is 764 g/mol. The molecule has 256 valence electrons. The zero-order valence-corrected chi connectivity index (χ0v) is 39.3. The lowest BCUT2D eigenvalue weighted by atomic mass is 10.4. The molecule has 6 nitrogen and oxygen atoms in total. The molecule has 0 heterocycles. The molecule has 0 fully saturated rings. The van der Waals surface area contributed by atoms with Crippen molar-refractivity contribution in [3.8, 4) is 0 Å². The van der Waals surface area contributed by atoms with Crippen LogP contribution in [0.25, 0.3) is 0 Å². The quantitative estimate of drug-likeness (QED) is 0.165. The fourth-order valence-corrected chi connectivity index (χ4v) is 35.1. The van der Waals surface area contributed by atoms with Gasteiger partial charge in [-0.3, -0.25) is 0 Å². The third-order valence-corrected chi connectivity index (χ3v) is 31.5. The second-order valence-electron chi connectivity index (χ2n) is 14.6. The molecule has 0 N–H and O–H groups in total. The molecule has 0 bridgehead atoms. The molecule has 0 saturated heterocycles. The highest BCUT2D eigenvalue weighted by molar-refractivity contribution is 7.00. The smallest absolute Gasteiger partial charge is 0.387 e. The minimum atomic E-state index is -2.93. The third-order valence-electron chi connectivity index (χ3n) is 6.31. The Hall–Kier alpha value is -0.845. The molecule has 0 aromatic heterocycles. The van der Waals surface area contributed by atoms with Crippen molar-refractivity contribution in [3.05, 3.63) is 91.0 Å². The second-order valence-corrected chi connectivity index (χ2v) is 41.5. The average molecular weight is 766 g/mol. The molecule has 3 aromatic carbocycles. The van der Waals surface area contributed by atoms with Gasteiger partial charge in [0.25, 0.3) is 0 Å². The van der Waals surface area contributed by atoms with Crippen LogP contribution in [0.5, 0.6) is 0 Å². The molecule has 0 aliphatic carbocycles. The molecular formula is C32H60O6Si8. The Bertz CT molecular complexity index is 1240. The van der Waals surface area contributed by atoms with E-state index >= 15 is 0 Å². The first-order valence-corrected chi connectivity index (χ1v) is 37.9. The summed E-state index contributed by atoms with van der Waals surface area (Å²) < 4.78 is 39.4. The van der Waals surface area contributed by atoms with Gasteiger partial charge in [0.2, 0.25) is 0 Å². The van der Waals surface area contributed by atoms with Crippen LogP contribution in [0.1, 0.15) is 0 Å². The fourth-order valence-electron chi connectivity index (χ4n) is 5.41. The molecule has 0 saturated carbocycles. The predicted molar refractivity (Wildman–Crippen MR) is 217 cm³/mol. The van der Waals surface area contributed by atoms with Gasteiger partial charge in [0.05, 0.1) is 0 Å². The predicted octanol–water partition coefficient (Wildman–Crippen LogP) is 6.50. The van der Waals surface area contributed by atoms with Crippen molar-refractivity contribution in [1.82, 2.24) is 0 Å². The van der Waals surface area contributed by atoms with Crippen LogP contribution < -0.4 is 15.6 Å². The highest BCUT2D eigenvalue weighted by Crippen LogP contribution is 2.22. The summed E-state index contributed by atoms with van der Waals surface area (Å²) in [5, 5.41) is 3.52. The van der Waals surface area contributed by atoms with Crippen molar-refractivity contribution in [2.45, 2.75) is 91.7 Å². The third kappa shape index (κ3) is 14.3. The summed E-state index contributed by atoms with van der Waals surface area (Å²) in [5.74, 6) is 0. The first-order valence-electron chi connectivity index (χ1n) is 16.4. The van der Waals surface area contributed by atoms with Gasteiger partial charge in [0, 0.05) is 0 Å². The lowest BCUT2D eigenvalue weighted by molar-refractivity contribution is 0.327. The number of benzene rings is 3. The van der Waals surface area contributed by atoms with E-state index in [0.29, 0.717) is 0 Å². The van der Waals surface area contributed by atoms with Crippen molar-refractivity contribution in [1.29, 1.82) is 0 Å². The van der Waals surface area contributed by atoms with E-state index in [-0.39, 0.29) is 0 Å². The molecule has 0 amide bonds. The lowest BCUT2D eigenvalue weighted by Gasteiger charge is -2.40. The van der Waals surface area contributed by atoms with Crippen molar-refractivity contribution in [2.75, 3.05) is 0 Å². The summed E-state index contributed by atoms with van der Waals surface area (Å²) >= 11 is 0. The van der Waals surface area contributed by atoms with Gasteiger partial charge >= 0.3 is 35.0 Å². The molecule has 3 rings (SSSR count). The van der Waals surface area contributed by atoms with E-state index in [0.717, 1.165) is 10.4 Å². The van der Waals surface area contributed by atoms with E-state index in [9.17, 15) is 0 Å². The van der Waals surface area contributed by atoms with Gasteiger partial charge in [-0.15, -0.1) is 0 Å². The standard InChI is InChI=1S/C21H38O4Si5.C11H22O2Si3/c1-26(22-29(8,9)24-27(2,3)4)23-30(25-28(5,6)7,20-16-12-10-13-17-20)21-18-14-11-15-19-21;1-14(2)12-16(5,13-15(3)4)11-9-7-6-8-10-11/h10-19,26H,1-9H3;6-10,14-15H,1-5H3. The van der Waals surface area contributed by atoms with Gasteiger partial charge in [-0.1, -0.05) is 91.0 Å². The minimum Gasteiger partial charge on any atom is -0.437 e. The van der Waals surface area contributed by atoms with Crippen LogP contribution in [0, 0.1) is 0 Å². The topological polar surface area (TPSA) is 55.4 Å². The first kappa shape index (κ1) is 41.3. The highest BCUT2D eigenvalue weighted by atomic mass is 28.5. The van der Waals surface area contributed by atoms with Gasteiger partial charge in [0.1, 0.15) is 0 Å². The molecule has 0 aliphatic rings. The van der Waals surface area contributed by atoms with Gasteiger partial charge in [0.15, 0.2) is 34.7 Å². The second kappa shape index (κ2) is 17.7. The Kier molecular flexibility index (Phi) is 15.9. The number of hydrogen-bond acceptors (Lipinski definition) is 6. The molecule has 3 aromatic rings. The van der Waals surface area contributed by atoms with Gasteiger partial charge in [-0.05, 0) is 107 Å². The van der Waals surface area contributed by atoms with E-state index in [2.05, 4.69) is 164 Å². The van der Waals surface area contributed by atoms with Crippen LogP contribution in [-0.2, 0) is 24.7 Å². The van der Waals surface area contributed by atoms with Crippen LogP contribution >= 0.6 is 0 Å². The summed E-state index contributed by atoms with van der Waals surface area (Å²) in [6.07, 6.45) is 0. The van der Waals surface area contributed by atoms with Crippen LogP contribution in [0.15, 0.2) is 91.0 Å². The van der Waals surface area contributed by atoms with Crippen LogP contribution in [0.4, 0.5) is 0 Å². The van der Waals surface area contributed by atoms with Crippen molar-refractivity contribution in [3.63, 3.8) is 0 Å². The van der Waals surface area contributed by atoms with E-state index in [4.69, 9.17) is 24.7 Å². The van der Waals surface area contributed by atoms with E-state index in [1.165, 1.54) is 5.19 Å². The molecule has 0 radical (unpaired) electrons. The van der Waals surface area contributed by atoms with Gasteiger partial charge in [-0.2, -0.15) is 0 Å². The molecule has 14 heteroatoms. The molecular weight excluding hydrogens is 705 g/mol. The molecule has 1 atom stereocenters. The molecule has 1 unspecified atom stereocenters. The number of rotatable bonds is 15. The minimum absolute atomic E-state index is 1.07. The largest absolute Gasteiger partial charge is 0.437 e. The number of hydrogen-bond donors (Lipinski definition) is 0. The maximum atomic E-state index is 6.98. The van der Waals surface area contributed by atoms with Crippen molar-refractivity contribution in [2.24, 2.45) is 0 Å². The lowest BCUT2D eigenvalue weighted by Crippen LogP contribution is -2.69. The van der Waals surface area contributed by atoms with E-state index < -0.39 is 69.7 Å². The van der Waals surface area contributed by atoms with E-state index in [1.807, 2.05) is 18.2 Å². The van der Waals surface area contributed by atoms with Gasteiger partial charge in [-0.25, -0.2) is 0 Å². The van der Waals surface area contributed by atoms with Crippen molar-refractivity contribution >= 4 is 85.2 Å². The maximum absolute atomic E-state index is 6.98. The Morgan fingerprint density at radius 2 is 0.761 bits per heavy atom. The first-order chi connectivity index (χ1) is 21.2. The highest BCUT2D eigenvalue weighted by Gasteiger charge is 2.48. The Morgan fingerprint density at radius 3 is 1.09 bits per heavy atom. The van der Waals surface area contributed by atoms with Crippen molar-refractivity contribution < 1.29 is 24.7 Å². The van der Waals surface area contributed by atoms with Crippen LogP contribution in [0.2, 0.25) is 91.7 Å². The fraction of sp³-hybridized carbons (Fsp3) is 0.438. The Balaban J connectivity index is 0.000000387. The normalized spacial score (nSPS) is 13.8. The Morgan fingerprint density at radius 1 is 0.413 bits per heavy atom. The van der Waals surface area contributed by atoms with Gasteiger partial charge < -0.3 is 24.7 Å². The summed E-state index contributed by atoms with van der Waals surface area (Å²) in [4.78, 5) is 0. The summed E-state index contributed by atoms with van der Waals surface area (Å²) in [5.41, 5.74) is 0. The summed E-state index contributed by atoms with van der Waals surface area (Å²) in [6, 6.07) is 31.4. The maximum Gasteiger partial charge on any atom is 0.387 e. The van der Waals surface area contributed by atoms with E-state index in [1.54, 1.807) is 0 Å². The van der Waals surface area contributed by atoms with Crippen LogP contribution in [-0.4, -0.2) is 69.7 Å². The Labute approximate surface area is 291 Å². The zero-order valence-electron chi connectivity index (χ0n) is 30.8. The van der Waals surface area contributed by atoms with Crippen LogP contribution in [0.3, 0.4) is 0 Å².